The third-order valence-corrected chi connectivity index (χ3v) is 3.57. The first-order valence-electron chi connectivity index (χ1n) is 6.78. The number of ether oxygens (including phenoxy) is 1. The molecule has 106 valence electrons. The molecule has 2 heterocycles. The van der Waals surface area contributed by atoms with Crippen molar-refractivity contribution in [3.8, 4) is 0 Å². The monoisotopic (exact) mass is 266 g/mol. The number of nitrogens with one attached hydrogen (secondary N) is 1. The summed E-state index contributed by atoms with van der Waals surface area (Å²) in [7, 11) is 0. The van der Waals surface area contributed by atoms with Gasteiger partial charge in [0.15, 0.2) is 5.69 Å². The highest BCUT2D eigenvalue weighted by Gasteiger charge is 2.30. The standard InChI is InChI=1S/C13H22N4O2/c1-4-9-7-19-6-5-17(9)13(18)12-10(14)11(8(2)3)15-16-12/h8-9H,4-7,14H2,1-3H3,(H,15,16). The Balaban J connectivity index is 2.23. The van der Waals surface area contributed by atoms with E-state index in [-0.39, 0.29) is 17.9 Å². The van der Waals surface area contributed by atoms with Crippen LogP contribution in [-0.2, 0) is 4.74 Å². The normalized spacial score (nSPS) is 20.0. The molecule has 1 atom stereocenters. The highest BCUT2D eigenvalue weighted by atomic mass is 16.5. The molecule has 0 aromatic carbocycles. The lowest BCUT2D eigenvalue weighted by atomic mass is 10.1. The Morgan fingerprint density at radius 3 is 2.95 bits per heavy atom. The molecule has 1 saturated heterocycles. The molecule has 19 heavy (non-hydrogen) atoms. The van der Waals surface area contributed by atoms with Crippen LogP contribution in [0.3, 0.4) is 0 Å². The van der Waals surface area contributed by atoms with Crippen LogP contribution in [0.15, 0.2) is 0 Å². The Kier molecular flexibility index (Phi) is 4.09. The molecule has 3 N–H and O–H groups in total. The quantitative estimate of drug-likeness (QED) is 0.865. The fourth-order valence-electron chi connectivity index (χ4n) is 2.36. The summed E-state index contributed by atoms with van der Waals surface area (Å²) in [6.45, 7) is 7.84. The second-order valence-corrected chi connectivity index (χ2v) is 5.19. The van der Waals surface area contributed by atoms with E-state index in [1.807, 2.05) is 25.7 Å². The molecule has 1 aliphatic heterocycles. The van der Waals surface area contributed by atoms with Crippen LogP contribution in [0, 0.1) is 0 Å². The van der Waals surface area contributed by atoms with Crippen molar-refractivity contribution in [2.24, 2.45) is 0 Å². The van der Waals surface area contributed by atoms with Gasteiger partial charge in [0.2, 0.25) is 0 Å². The molecular formula is C13H22N4O2. The molecule has 1 aromatic heterocycles. The lowest BCUT2D eigenvalue weighted by molar-refractivity contribution is -0.00305. The maximum absolute atomic E-state index is 12.5. The van der Waals surface area contributed by atoms with Gasteiger partial charge in [-0.2, -0.15) is 5.10 Å². The number of carbonyl (C=O) groups is 1. The number of aromatic nitrogens is 2. The van der Waals surface area contributed by atoms with E-state index in [1.165, 1.54) is 0 Å². The zero-order chi connectivity index (χ0) is 14.0. The van der Waals surface area contributed by atoms with E-state index in [0.29, 0.717) is 31.1 Å². The minimum atomic E-state index is -0.101. The van der Waals surface area contributed by atoms with Crippen molar-refractivity contribution in [1.29, 1.82) is 0 Å². The average molecular weight is 266 g/mol. The van der Waals surface area contributed by atoms with Crippen LogP contribution in [-0.4, -0.2) is 46.8 Å². The minimum Gasteiger partial charge on any atom is -0.395 e. The number of nitrogen functional groups attached to an aromatic ring is 1. The maximum Gasteiger partial charge on any atom is 0.276 e. The molecule has 1 fully saturated rings. The Hall–Kier alpha value is -1.56. The third kappa shape index (κ3) is 2.58. The number of anilines is 1. The van der Waals surface area contributed by atoms with Gasteiger partial charge < -0.3 is 15.4 Å². The van der Waals surface area contributed by atoms with Crippen molar-refractivity contribution in [3.05, 3.63) is 11.4 Å². The van der Waals surface area contributed by atoms with E-state index in [2.05, 4.69) is 10.2 Å². The summed E-state index contributed by atoms with van der Waals surface area (Å²) in [6.07, 6.45) is 0.868. The van der Waals surface area contributed by atoms with Crippen LogP contribution in [0.1, 0.15) is 49.3 Å². The first kappa shape index (κ1) is 13.9. The number of amides is 1. The van der Waals surface area contributed by atoms with Crippen molar-refractivity contribution in [3.63, 3.8) is 0 Å². The van der Waals surface area contributed by atoms with Crippen LogP contribution >= 0.6 is 0 Å². The Morgan fingerprint density at radius 2 is 2.37 bits per heavy atom. The Morgan fingerprint density at radius 1 is 1.63 bits per heavy atom. The van der Waals surface area contributed by atoms with Crippen molar-refractivity contribution in [2.75, 3.05) is 25.5 Å². The van der Waals surface area contributed by atoms with Gasteiger partial charge in [-0.05, 0) is 12.3 Å². The van der Waals surface area contributed by atoms with Crippen LogP contribution < -0.4 is 5.73 Å². The highest BCUT2D eigenvalue weighted by molar-refractivity contribution is 5.98. The van der Waals surface area contributed by atoms with Gasteiger partial charge in [-0.1, -0.05) is 20.8 Å². The smallest absolute Gasteiger partial charge is 0.276 e. The predicted octanol–water partition coefficient (Wildman–Crippen LogP) is 1.37. The number of hydrogen-bond acceptors (Lipinski definition) is 4. The molecule has 0 aliphatic carbocycles. The molecule has 0 spiro atoms. The number of aromatic amines is 1. The fraction of sp³-hybridized carbons (Fsp3) is 0.692. The van der Waals surface area contributed by atoms with E-state index in [0.717, 1.165) is 12.1 Å². The first-order chi connectivity index (χ1) is 9.06. The molecule has 0 radical (unpaired) electrons. The highest BCUT2D eigenvalue weighted by Crippen LogP contribution is 2.24. The molecule has 1 aromatic rings. The van der Waals surface area contributed by atoms with Gasteiger partial charge in [-0.3, -0.25) is 9.89 Å². The van der Waals surface area contributed by atoms with Gasteiger partial charge in [0, 0.05) is 6.54 Å². The number of H-pyrrole nitrogens is 1. The zero-order valence-electron chi connectivity index (χ0n) is 11.8. The predicted molar refractivity (Wildman–Crippen MR) is 73.0 cm³/mol. The minimum absolute atomic E-state index is 0.101. The summed E-state index contributed by atoms with van der Waals surface area (Å²) in [6, 6.07) is 0.111. The number of rotatable bonds is 3. The van der Waals surface area contributed by atoms with E-state index < -0.39 is 0 Å². The first-order valence-corrected chi connectivity index (χ1v) is 6.78. The molecule has 6 nitrogen and oxygen atoms in total. The van der Waals surface area contributed by atoms with Gasteiger partial charge in [0.25, 0.3) is 5.91 Å². The third-order valence-electron chi connectivity index (χ3n) is 3.57. The van der Waals surface area contributed by atoms with Gasteiger partial charge in [0.05, 0.1) is 30.6 Å². The molecule has 6 heteroatoms. The lowest BCUT2D eigenvalue weighted by Crippen LogP contribution is -2.48. The van der Waals surface area contributed by atoms with Crippen LogP contribution in [0.5, 0.6) is 0 Å². The topological polar surface area (TPSA) is 84.2 Å². The Labute approximate surface area is 113 Å². The molecule has 1 amide bonds. The Bertz CT molecular complexity index is 455. The van der Waals surface area contributed by atoms with Crippen molar-refractivity contribution >= 4 is 11.6 Å². The van der Waals surface area contributed by atoms with Gasteiger partial charge in [-0.15, -0.1) is 0 Å². The van der Waals surface area contributed by atoms with Gasteiger partial charge in [0.1, 0.15) is 0 Å². The molecule has 1 aliphatic rings. The molecular weight excluding hydrogens is 244 g/mol. The molecule has 0 saturated carbocycles. The van der Waals surface area contributed by atoms with Crippen LogP contribution in [0.2, 0.25) is 0 Å². The lowest BCUT2D eigenvalue weighted by Gasteiger charge is -2.34. The summed E-state index contributed by atoms with van der Waals surface area (Å²) in [5.41, 5.74) is 7.66. The maximum atomic E-state index is 12.5. The molecule has 0 bridgehead atoms. The number of morpholine rings is 1. The number of nitrogens with two attached hydrogens (primary N) is 1. The molecule has 1 unspecified atom stereocenters. The largest absolute Gasteiger partial charge is 0.395 e. The molecule has 2 rings (SSSR count). The van der Waals surface area contributed by atoms with Crippen LogP contribution in [0.4, 0.5) is 5.69 Å². The fourth-order valence-corrected chi connectivity index (χ4v) is 2.36. The summed E-state index contributed by atoms with van der Waals surface area (Å²) >= 11 is 0. The number of hydrogen-bond donors (Lipinski definition) is 2. The summed E-state index contributed by atoms with van der Waals surface area (Å²) < 4.78 is 5.41. The van der Waals surface area contributed by atoms with Gasteiger partial charge in [-0.25, -0.2) is 0 Å². The average Bonchev–Trinajstić information content (AvgIpc) is 2.80. The van der Waals surface area contributed by atoms with Gasteiger partial charge >= 0.3 is 0 Å². The van der Waals surface area contributed by atoms with E-state index >= 15 is 0 Å². The second-order valence-electron chi connectivity index (χ2n) is 5.19. The van der Waals surface area contributed by atoms with Crippen molar-refractivity contribution in [1.82, 2.24) is 15.1 Å². The van der Waals surface area contributed by atoms with E-state index in [9.17, 15) is 4.79 Å². The van der Waals surface area contributed by atoms with E-state index in [1.54, 1.807) is 0 Å². The number of nitrogens with zero attached hydrogens (tertiary/aromatic N) is 2. The zero-order valence-corrected chi connectivity index (χ0v) is 11.8. The summed E-state index contributed by atoms with van der Waals surface area (Å²) in [5.74, 6) is 0.122. The van der Waals surface area contributed by atoms with Crippen LogP contribution in [0.25, 0.3) is 0 Å². The van der Waals surface area contributed by atoms with E-state index in [4.69, 9.17) is 10.5 Å². The van der Waals surface area contributed by atoms with Crippen molar-refractivity contribution < 1.29 is 9.53 Å². The SMILES string of the molecule is CCC1COCCN1C(=O)c1n[nH]c(C(C)C)c1N. The second kappa shape index (κ2) is 5.61. The summed E-state index contributed by atoms with van der Waals surface area (Å²) in [4.78, 5) is 14.4. The number of carbonyl (C=O) groups excluding carboxylic acids is 1. The van der Waals surface area contributed by atoms with Crippen molar-refractivity contribution in [2.45, 2.75) is 39.2 Å². The summed E-state index contributed by atoms with van der Waals surface area (Å²) in [5, 5.41) is 6.97.